The molecule has 0 amide bonds. The number of hydrogen-bond donors (Lipinski definition) is 0. The summed E-state index contributed by atoms with van der Waals surface area (Å²) in [6, 6.07) is 3.49. The van der Waals surface area contributed by atoms with E-state index >= 15 is 0 Å². The van der Waals surface area contributed by atoms with Gasteiger partial charge in [-0.3, -0.25) is 0 Å². The quantitative estimate of drug-likeness (QED) is 0.533. The van der Waals surface area contributed by atoms with Crippen LogP contribution in [-0.4, -0.2) is 5.88 Å². The van der Waals surface area contributed by atoms with Crippen LogP contribution >= 0.6 is 11.6 Å². The van der Waals surface area contributed by atoms with Crippen LogP contribution in [0.2, 0.25) is 0 Å². The van der Waals surface area contributed by atoms with Crippen LogP contribution in [0.3, 0.4) is 0 Å². The summed E-state index contributed by atoms with van der Waals surface area (Å²) in [6.07, 6.45) is 0.436. The first-order valence-electron chi connectivity index (χ1n) is 4.13. The Labute approximate surface area is 91.3 Å². The monoisotopic (exact) mass is 225 g/mol. The van der Waals surface area contributed by atoms with Gasteiger partial charge in [-0.25, -0.2) is 8.78 Å². The molecule has 1 rings (SSSR count). The van der Waals surface area contributed by atoms with E-state index in [4.69, 9.17) is 16.9 Å². The summed E-state index contributed by atoms with van der Waals surface area (Å²) in [5, 5.41) is 8.66. The molecule has 0 heterocycles. The van der Waals surface area contributed by atoms with Crippen molar-refractivity contribution in [2.75, 3.05) is 5.88 Å². The van der Waals surface area contributed by atoms with Crippen molar-refractivity contribution in [3.63, 3.8) is 0 Å². The van der Waals surface area contributed by atoms with E-state index in [1.807, 2.05) is 0 Å². The average Bonchev–Trinajstić information content (AvgIpc) is 2.23. The zero-order chi connectivity index (χ0) is 11.3. The van der Waals surface area contributed by atoms with Gasteiger partial charge in [-0.1, -0.05) is 11.8 Å². The highest BCUT2D eigenvalue weighted by molar-refractivity contribution is 6.18. The third kappa shape index (κ3) is 2.94. The number of hydrogen-bond acceptors (Lipinski definition) is 1. The van der Waals surface area contributed by atoms with Crippen LogP contribution in [-0.2, 0) is 0 Å². The highest BCUT2D eigenvalue weighted by Crippen LogP contribution is 2.13. The molecule has 15 heavy (non-hydrogen) atoms. The van der Waals surface area contributed by atoms with Gasteiger partial charge in [-0.05, 0) is 12.1 Å². The second-order valence-electron chi connectivity index (χ2n) is 2.66. The van der Waals surface area contributed by atoms with E-state index in [0.29, 0.717) is 12.3 Å². The van der Waals surface area contributed by atoms with E-state index in [1.165, 1.54) is 0 Å². The summed E-state index contributed by atoms with van der Waals surface area (Å²) in [4.78, 5) is 0. The first kappa shape index (κ1) is 11.5. The van der Waals surface area contributed by atoms with Crippen molar-refractivity contribution in [2.45, 2.75) is 6.42 Å². The number of rotatable bonds is 1. The average molecular weight is 226 g/mol. The predicted octanol–water partition coefficient (Wildman–Crippen LogP) is 2.82. The fraction of sp³-hybridized carbons (Fsp3) is 0.182. The van der Waals surface area contributed by atoms with E-state index < -0.39 is 11.6 Å². The summed E-state index contributed by atoms with van der Waals surface area (Å²) in [5.74, 6) is 3.52. The van der Waals surface area contributed by atoms with Crippen molar-refractivity contribution in [1.29, 1.82) is 5.26 Å². The third-order valence-corrected chi connectivity index (χ3v) is 1.81. The molecule has 1 aromatic carbocycles. The summed E-state index contributed by atoms with van der Waals surface area (Å²) < 4.78 is 25.6. The highest BCUT2D eigenvalue weighted by Gasteiger charge is 2.07. The molecule has 0 saturated carbocycles. The minimum atomic E-state index is -1.05. The molecule has 0 aliphatic carbocycles. The third-order valence-electron chi connectivity index (χ3n) is 1.62. The molecule has 1 nitrogen and oxygen atoms in total. The lowest BCUT2D eigenvalue weighted by atomic mass is 10.1. The first-order chi connectivity index (χ1) is 7.19. The van der Waals surface area contributed by atoms with Crippen molar-refractivity contribution < 1.29 is 8.78 Å². The Morgan fingerprint density at radius 1 is 1.20 bits per heavy atom. The lowest BCUT2D eigenvalue weighted by Gasteiger charge is -1.97. The smallest absolute Gasteiger partial charge is 0.160 e. The van der Waals surface area contributed by atoms with Gasteiger partial charge in [0.05, 0.1) is 5.56 Å². The fourth-order valence-electron chi connectivity index (χ4n) is 0.948. The van der Waals surface area contributed by atoms with E-state index in [1.54, 1.807) is 6.07 Å². The molecule has 0 bridgehead atoms. The maximum absolute atomic E-state index is 12.8. The molecule has 76 valence electrons. The van der Waals surface area contributed by atoms with Gasteiger partial charge in [-0.15, -0.1) is 11.6 Å². The lowest BCUT2D eigenvalue weighted by molar-refractivity contribution is 0.508. The lowest BCUT2D eigenvalue weighted by Crippen LogP contribution is -1.91. The fourth-order valence-corrected chi connectivity index (χ4v) is 1.04. The SMILES string of the molecule is N#Cc1cc(F)c(F)cc1C#CCCCl. The Kier molecular flexibility index (Phi) is 4.09. The van der Waals surface area contributed by atoms with Crippen molar-refractivity contribution in [3.05, 3.63) is 34.9 Å². The molecule has 0 aliphatic rings. The summed E-state index contributed by atoms with van der Waals surface area (Å²) in [6.45, 7) is 0. The van der Waals surface area contributed by atoms with Crippen molar-refractivity contribution >= 4 is 11.6 Å². The minimum absolute atomic E-state index is 0.0240. The summed E-state index contributed by atoms with van der Waals surface area (Å²) >= 11 is 5.40. The topological polar surface area (TPSA) is 23.8 Å². The van der Waals surface area contributed by atoms with Crippen molar-refractivity contribution in [2.24, 2.45) is 0 Å². The van der Waals surface area contributed by atoms with Crippen molar-refractivity contribution in [3.8, 4) is 17.9 Å². The van der Waals surface area contributed by atoms with E-state index in [0.717, 1.165) is 12.1 Å². The Hall–Kier alpha value is -1.58. The molecule has 1 aromatic rings. The van der Waals surface area contributed by atoms with E-state index in [9.17, 15) is 8.78 Å². The number of nitrogens with zero attached hydrogens (tertiary/aromatic N) is 1. The van der Waals surface area contributed by atoms with Gasteiger partial charge < -0.3 is 0 Å². The second kappa shape index (κ2) is 5.34. The minimum Gasteiger partial charge on any atom is -0.204 e. The van der Waals surface area contributed by atoms with Gasteiger partial charge in [0.25, 0.3) is 0 Å². The maximum Gasteiger partial charge on any atom is 0.160 e. The highest BCUT2D eigenvalue weighted by atomic mass is 35.5. The van der Waals surface area contributed by atoms with Crippen molar-refractivity contribution in [1.82, 2.24) is 0 Å². The zero-order valence-electron chi connectivity index (χ0n) is 7.65. The molecule has 0 aromatic heterocycles. The van der Waals surface area contributed by atoms with E-state index in [-0.39, 0.29) is 11.1 Å². The summed E-state index contributed by atoms with van der Waals surface area (Å²) in [7, 11) is 0. The van der Waals surface area contributed by atoms with E-state index in [2.05, 4.69) is 11.8 Å². The molecular formula is C11H6ClF2N. The zero-order valence-corrected chi connectivity index (χ0v) is 8.41. The number of alkyl halides is 1. The van der Waals surface area contributed by atoms with Gasteiger partial charge in [0.15, 0.2) is 11.6 Å². The van der Waals surface area contributed by atoms with Crippen LogP contribution in [0.5, 0.6) is 0 Å². The molecular weight excluding hydrogens is 220 g/mol. The number of nitriles is 1. The van der Waals surface area contributed by atoms with Crippen LogP contribution in [0.25, 0.3) is 0 Å². The molecule has 0 radical (unpaired) electrons. The normalized spacial score (nSPS) is 8.93. The standard InChI is InChI=1S/C11H6ClF2N/c12-4-2-1-3-8-5-10(13)11(14)6-9(8)7-15/h5-6H,2,4H2. The van der Waals surface area contributed by atoms with Gasteiger partial charge in [0.2, 0.25) is 0 Å². The van der Waals surface area contributed by atoms with Crippen LogP contribution in [0.4, 0.5) is 8.78 Å². The Bertz CT molecular complexity index is 466. The van der Waals surface area contributed by atoms with Crippen LogP contribution < -0.4 is 0 Å². The van der Waals surface area contributed by atoms with Gasteiger partial charge >= 0.3 is 0 Å². The molecule has 0 atom stereocenters. The maximum atomic E-state index is 12.8. The van der Waals surface area contributed by atoms with Crippen LogP contribution in [0, 0.1) is 34.8 Å². The van der Waals surface area contributed by atoms with Gasteiger partial charge in [0.1, 0.15) is 6.07 Å². The molecule has 0 fully saturated rings. The molecule has 0 unspecified atom stereocenters. The Morgan fingerprint density at radius 2 is 1.80 bits per heavy atom. The van der Waals surface area contributed by atoms with Gasteiger partial charge in [-0.2, -0.15) is 5.26 Å². The van der Waals surface area contributed by atoms with Crippen LogP contribution in [0.15, 0.2) is 12.1 Å². The largest absolute Gasteiger partial charge is 0.204 e. The van der Waals surface area contributed by atoms with Crippen LogP contribution in [0.1, 0.15) is 17.5 Å². The Morgan fingerprint density at radius 3 is 2.33 bits per heavy atom. The summed E-state index contributed by atoms with van der Waals surface area (Å²) in [5.41, 5.74) is 0.206. The second-order valence-corrected chi connectivity index (χ2v) is 3.04. The molecule has 0 N–H and O–H groups in total. The first-order valence-corrected chi connectivity index (χ1v) is 4.66. The Balaban J connectivity index is 3.14. The number of halogens is 3. The molecule has 0 saturated heterocycles. The molecule has 0 aliphatic heterocycles. The number of benzene rings is 1. The molecule has 0 spiro atoms. The predicted molar refractivity (Wildman–Crippen MR) is 53.3 cm³/mol. The van der Waals surface area contributed by atoms with Gasteiger partial charge in [0, 0.05) is 17.9 Å². The molecule has 4 heteroatoms.